The molecule has 2 aromatic carbocycles. The van der Waals surface area contributed by atoms with Gasteiger partial charge in [0.15, 0.2) is 17.3 Å². The fraction of sp³-hybridized carbons (Fsp3) is 0.261. The van der Waals surface area contributed by atoms with Gasteiger partial charge in [-0.1, -0.05) is 23.7 Å². The highest BCUT2D eigenvalue weighted by atomic mass is 35.5. The van der Waals surface area contributed by atoms with Gasteiger partial charge >= 0.3 is 0 Å². The number of anilines is 1. The van der Waals surface area contributed by atoms with E-state index in [1.54, 1.807) is 17.4 Å². The Morgan fingerprint density at radius 2 is 1.69 bits per heavy atom. The third kappa shape index (κ3) is 3.61. The normalized spacial score (nSPS) is 15.6. The van der Waals surface area contributed by atoms with Crippen LogP contribution in [-0.2, 0) is 0 Å². The molecule has 0 radical (unpaired) electrons. The molecule has 2 aliphatic rings. The highest BCUT2D eigenvalue weighted by molar-refractivity contribution is 7.19. The van der Waals surface area contributed by atoms with Crippen LogP contribution in [0.2, 0.25) is 5.02 Å². The number of ether oxygens (including phenoxy) is 2. The van der Waals surface area contributed by atoms with E-state index in [-0.39, 0.29) is 12.6 Å². The van der Waals surface area contributed by atoms with Crippen LogP contribution in [0.5, 0.6) is 11.5 Å². The maximum absolute atomic E-state index is 13.5. The predicted molar refractivity (Wildman–Crippen MR) is 117 cm³/mol. The van der Waals surface area contributed by atoms with Crippen LogP contribution in [0.25, 0.3) is 10.4 Å². The van der Waals surface area contributed by atoms with Crippen LogP contribution in [0, 0.1) is 0 Å². The fourth-order valence-electron chi connectivity index (χ4n) is 3.83. The van der Waals surface area contributed by atoms with Crippen molar-refractivity contribution in [2.24, 2.45) is 0 Å². The molecule has 0 saturated carbocycles. The van der Waals surface area contributed by atoms with E-state index < -0.39 is 0 Å². The maximum atomic E-state index is 13.5. The number of thiophene rings is 1. The van der Waals surface area contributed by atoms with Gasteiger partial charge < -0.3 is 14.4 Å². The van der Waals surface area contributed by atoms with Crippen molar-refractivity contribution in [2.75, 3.05) is 24.8 Å². The molecule has 0 aliphatic carbocycles. The molecule has 29 heavy (non-hydrogen) atoms. The van der Waals surface area contributed by atoms with Crippen LogP contribution in [0.1, 0.15) is 35.2 Å². The van der Waals surface area contributed by atoms with Crippen molar-refractivity contribution in [3.8, 4) is 21.9 Å². The second-order valence-corrected chi connectivity index (χ2v) is 8.75. The second kappa shape index (κ2) is 7.73. The number of fused-ring (bicyclic) bond motifs is 1. The van der Waals surface area contributed by atoms with Crippen molar-refractivity contribution in [1.82, 2.24) is 0 Å². The van der Waals surface area contributed by atoms with E-state index in [1.165, 1.54) is 6.42 Å². The van der Waals surface area contributed by atoms with Gasteiger partial charge in [0, 0.05) is 28.6 Å². The lowest BCUT2D eigenvalue weighted by molar-refractivity contribution is 0.103. The van der Waals surface area contributed by atoms with Gasteiger partial charge in [0.25, 0.3) is 0 Å². The Balaban J connectivity index is 1.56. The topological polar surface area (TPSA) is 38.8 Å². The minimum absolute atomic E-state index is 0.0142. The van der Waals surface area contributed by atoms with Crippen LogP contribution in [0.4, 0.5) is 5.00 Å². The Bertz CT molecular complexity index is 1050. The molecule has 2 aliphatic heterocycles. The number of hydrogen-bond donors (Lipinski definition) is 0. The average molecular weight is 426 g/mol. The lowest BCUT2D eigenvalue weighted by Crippen LogP contribution is -2.29. The summed E-state index contributed by atoms with van der Waals surface area (Å²) in [6.45, 7) is 2.18. The fourth-order valence-corrected chi connectivity index (χ4v) is 5.16. The van der Waals surface area contributed by atoms with Crippen LogP contribution in [0.15, 0.2) is 48.5 Å². The third-order valence-corrected chi connectivity index (χ3v) is 6.86. The molecule has 4 nitrogen and oxygen atoms in total. The zero-order chi connectivity index (χ0) is 19.8. The minimum atomic E-state index is 0.0142. The summed E-state index contributed by atoms with van der Waals surface area (Å²) in [6.07, 6.45) is 3.56. The lowest BCUT2D eigenvalue weighted by Gasteiger charge is -2.28. The van der Waals surface area contributed by atoms with Crippen LogP contribution in [0.3, 0.4) is 0 Å². The molecule has 148 valence electrons. The number of halogens is 1. The average Bonchev–Trinajstić information content (AvgIpc) is 3.41. The summed E-state index contributed by atoms with van der Waals surface area (Å²) in [7, 11) is 0. The molecule has 6 heteroatoms. The summed E-state index contributed by atoms with van der Waals surface area (Å²) in [5.74, 6) is 1.33. The van der Waals surface area contributed by atoms with Gasteiger partial charge in [-0.2, -0.15) is 0 Å². The van der Waals surface area contributed by atoms with Crippen molar-refractivity contribution in [2.45, 2.75) is 19.3 Å². The highest BCUT2D eigenvalue weighted by Gasteiger charge is 2.25. The van der Waals surface area contributed by atoms with E-state index >= 15 is 0 Å². The standard InChI is InChI=1S/C23H20ClNO3S/c24-17-7-4-15(5-8-17)21-13-18(23(29-21)25-10-2-1-3-11-25)22(26)16-6-9-19-20(12-16)28-14-27-19/h4-9,12-13H,1-3,10-11,14H2. The first-order chi connectivity index (χ1) is 14.2. The first-order valence-electron chi connectivity index (χ1n) is 9.78. The van der Waals surface area contributed by atoms with E-state index in [0.29, 0.717) is 22.1 Å². The number of benzene rings is 2. The number of carbonyl (C=O) groups is 1. The molecule has 0 bridgehead atoms. The monoisotopic (exact) mass is 425 g/mol. The predicted octanol–water partition coefficient (Wildman–Crippen LogP) is 6.02. The van der Waals surface area contributed by atoms with Gasteiger partial charge in [-0.05, 0) is 61.2 Å². The van der Waals surface area contributed by atoms with Crippen LogP contribution >= 0.6 is 22.9 Å². The van der Waals surface area contributed by atoms with Gasteiger partial charge in [-0.15, -0.1) is 11.3 Å². The number of hydrogen-bond acceptors (Lipinski definition) is 5. The van der Waals surface area contributed by atoms with Crippen LogP contribution < -0.4 is 14.4 Å². The SMILES string of the molecule is O=C(c1ccc2c(c1)OCO2)c1cc(-c2ccc(Cl)cc2)sc1N1CCCCC1. The number of piperidine rings is 1. The van der Waals surface area contributed by atoms with Crippen molar-refractivity contribution >= 4 is 33.7 Å². The van der Waals surface area contributed by atoms with Crippen LogP contribution in [-0.4, -0.2) is 25.7 Å². The molecule has 1 fully saturated rings. The summed E-state index contributed by atoms with van der Waals surface area (Å²) in [4.78, 5) is 16.9. The first-order valence-corrected chi connectivity index (χ1v) is 11.0. The summed E-state index contributed by atoms with van der Waals surface area (Å²) in [5, 5.41) is 1.76. The van der Waals surface area contributed by atoms with E-state index in [9.17, 15) is 4.79 Å². The molecule has 0 N–H and O–H groups in total. The molecule has 0 atom stereocenters. The van der Waals surface area contributed by atoms with Crippen molar-refractivity contribution in [3.05, 3.63) is 64.7 Å². The lowest BCUT2D eigenvalue weighted by atomic mass is 10.0. The van der Waals surface area contributed by atoms with Gasteiger partial charge in [-0.3, -0.25) is 4.79 Å². The van der Waals surface area contributed by atoms with Gasteiger partial charge in [-0.25, -0.2) is 0 Å². The van der Waals surface area contributed by atoms with Gasteiger partial charge in [0.2, 0.25) is 6.79 Å². The Hall–Kier alpha value is -2.50. The summed E-state index contributed by atoms with van der Waals surface area (Å²) in [6, 6.07) is 15.2. The zero-order valence-corrected chi connectivity index (χ0v) is 17.4. The number of rotatable bonds is 4. The Morgan fingerprint density at radius 3 is 2.48 bits per heavy atom. The van der Waals surface area contributed by atoms with Gasteiger partial charge in [0.1, 0.15) is 5.00 Å². The molecular formula is C23H20ClNO3S. The maximum Gasteiger partial charge on any atom is 0.231 e. The molecule has 1 saturated heterocycles. The molecular weight excluding hydrogens is 406 g/mol. The smallest absolute Gasteiger partial charge is 0.231 e. The molecule has 3 heterocycles. The summed E-state index contributed by atoms with van der Waals surface area (Å²) < 4.78 is 10.8. The van der Waals surface area contributed by atoms with E-state index in [1.807, 2.05) is 42.5 Å². The Kier molecular flexibility index (Phi) is 4.94. The molecule has 0 spiro atoms. The summed E-state index contributed by atoms with van der Waals surface area (Å²) in [5.41, 5.74) is 2.44. The Morgan fingerprint density at radius 1 is 0.931 bits per heavy atom. The van der Waals surface area contributed by atoms with E-state index in [2.05, 4.69) is 4.90 Å². The number of nitrogens with zero attached hydrogens (tertiary/aromatic N) is 1. The zero-order valence-electron chi connectivity index (χ0n) is 15.8. The molecule has 1 aromatic heterocycles. The van der Waals surface area contributed by atoms with Gasteiger partial charge in [0.05, 0.1) is 5.56 Å². The highest BCUT2D eigenvalue weighted by Crippen LogP contribution is 2.41. The summed E-state index contributed by atoms with van der Waals surface area (Å²) >= 11 is 7.73. The molecule has 0 unspecified atom stereocenters. The van der Waals surface area contributed by atoms with E-state index in [4.69, 9.17) is 21.1 Å². The number of carbonyl (C=O) groups excluding carboxylic acids is 1. The van der Waals surface area contributed by atoms with Crippen molar-refractivity contribution in [1.29, 1.82) is 0 Å². The van der Waals surface area contributed by atoms with E-state index in [0.717, 1.165) is 46.9 Å². The quantitative estimate of drug-likeness (QED) is 0.479. The molecule has 5 rings (SSSR count). The Labute approximate surface area is 178 Å². The van der Waals surface area contributed by atoms with Crippen molar-refractivity contribution < 1.29 is 14.3 Å². The first kappa shape index (κ1) is 18.5. The third-order valence-electron chi connectivity index (χ3n) is 5.36. The molecule has 3 aromatic rings. The number of ketones is 1. The largest absolute Gasteiger partial charge is 0.454 e. The molecule has 0 amide bonds. The van der Waals surface area contributed by atoms with Crippen molar-refractivity contribution in [3.63, 3.8) is 0 Å². The minimum Gasteiger partial charge on any atom is -0.454 e. The second-order valence-electron chi connectivity index (χ2n) is 7.28.